The molecule has 2 heterocycles. The number of nitrogens with one attached hydrogen (secondary N) is 1. The zero-order valence-electron chi connectivity index (χ0n) is 18.0. The largest absolute Gasteiger partial charge is 0.465 e. The number of hydrogen-bond acceptors (Lipinski definition) is 9. The Balaban J connectivity index is 1.69. The van der Waals surface area contributed by atoms with Crippen LogP contribution in [0.3, 0.4) is 0 Å². The highest BCUT2D eigenvalue weighted by molar-refractivity contribution is 7.99. The van der Waals surface area contributed by atoms with E-state index in [0.717, 1.165) is 30.0 Å². The summed E-state index contributed by atoms with van der Waals surface area (Å²) in [7, 11) is 4.43. The molecule has 11 heteroatoms. The first-order chi connectivity index (χ1) is 14.9. The maximum absolute atomic E-state index is 12.6. The molecule has 0 atom stereocenters. The number of hydrogen-bond donors (Lipinski definition) is 1. The fourth-order valence-electron chi connectivity index (χ4n) is 3.70. The Kier molecular flexibility index (Phi) is 7.71. The summed E-state index contributed by atoms with van der Waals surface area (Å²) >= 11 is 2.26. The van der Waals surface area contributed by atoms with Crippen LogP contribution in [0.15, 0.2) is 5.16 Å². The van der Waals surface area contributed by atoms with Gasteiger partial charge in [0.15, 0.2) is 5.16 Å². The number of esters is 2. The van der Waals surface area contributed by atoms with Gasteiger partial charge in [0.2, 0.25) is 5.91 Å². The van der Waals surface area contributed by atoms with E-state index < -0.39 is 11.9 Å². The molecule has 9 nitrogen and oxygen atoms in total. The van der Waals surface area contributed by atoms with Gasteiger partial charge in [-0.05, 0) is 25.3 Å². The molecule has 1 saturated carbocycles. The minimum Gasteiger partial charge on any atom is -0.465 e. The topological polar surface area (TPSA) is 112 Å². The lowest BCUT2D eigenvalue weighted by Crippen LogP contribution is -2.16. The Morgan fingerprint density at radius 3 is 2.45 bits per heavy atom. The van der Waals surface area contributed by atoms with Crippen LogP contribution in [0.2, 0.25) is 0 Å². The van der Waals surface area contributed by atoms with Gasteiger partial charge in [-0.2, -0.15) is 0 Å². The number of nitrogens with zero attached hydrogens (tertiary/aromatic N) is 3. The number of ether oxygens (including phenoxy) is 2. The van der Waals surface area contributed by atoms with Crippen molar-refractivity contribution in [3.63, 3.8) is 0 Å². The Hall–Kier alpha value is -2.40. The molecule has 1 N–H and O–H groups in total. The number of thiophene rings is 1. The van der Waals surface area contributed by atoms with Crippen molar-refractivity contribution in [1.82, 2.24) is 14.8 Å². The number of carbonyl (C=O) groups is 3. The molecule has 2 aromatic rings. The lowest BCUT2D eigenvalue weighted by atomic mass is 9.89. The number of carbonyl (C=O) groups excluding carboxylic acids is 3. The highest BCUT2D eigenvalue weighted by Crippen LogP contribution is 2.35. The van der Waals surface area contributed by atoms with Gasteiger partial charge in [0.25, 0.3) is 0 Å². The summed E-state index contributed by atoms with van der Waals surface area (Å²) in [5.41, 5.74) is 0.571. The molecule has 168 valence electrons. The number of rotatable bonds is 7. The second-order valence-electron chi connectivity index (χ2n) is 7.32. The molecule has 1 aliphatic rings. The van der Waals surface area contributed by atoms with Crippen LogP contribution < -0.4 is 5.32 Å². The first kappa shape index (κ1) is 23.3. The van der Waals surface area contributed by atoms with Gasteiger partial charge < -0.3 is 19.4 Å². The number of methoxy groups -OCH3 is 2. The van der Waals surface area contributed by atoms with E-state index in [4.69, 9.17) is 9.47 Å². The van der Waals surface area contributed by atoms with Gasteiger partial charge in [-0.15, -0.1) is 21.5 Å². The molecule has 0 aromatic carbocycles. The van der Waals surface area contributed by atoms with Crippen LogP contribution in [0.4, 0.5) is 5.00 Å². The fourth-order valence-corrected chi connectivity index (χ4v) is 5.55. The summed E-state index contributed by atoms with van der Waals surface area (Å²) < 4.78 is 11.5. The molecular weight excluding hydrogens is 440 g/mol. The summed E-state index contributed by atoms with van der Waals surface area (Å²) in [6.07, 6.45) is 5.92. The zero-order chi connectivity index (χ0) is 22.5. The van der Waals surface area contributed by atoms with E-state index in [2.05, 4.69) is 15.5 Å². The third-order valence-corrected chi connectivity index (χ3v) is 7.54. The van der Waals surface area contributed by atoms with Crippen molar-refractivity contribution >= 4 is 45.9 Å². The van der Waals surface area contributed by atoms with Crippen molar-refractivity contribution in [3.05, 3.63) is 21.8 Å². The molecule has 2 aromatic heterocycles. The number of aromatic nitrogens is 3. The van der Waals surface area contributed by atoms with Crippen LogP contribution in [0.1, 0.15) is 69.4 Å². The van der Waals surface area contributed by atoms with Gasteiger partial charge in [0.05, 0.1) is 25.5 Å². The van der Waals surface area contributed by atoms with Gasteiger partial charge >= 0.3 is 11.9 Å². The molecule has 0 bridgehead atoms. The molecule has 0 aliphatic heterocycles. The first-order valence-corrected chi connectivity index (χ1v) is 11.8. The normalized spacial score (nSPS) is 14.3. The molecular formula is C20H26N4O5S2. The SMILES string of the molecule is COC(=O)c1sc(NC(=O)CSc2nnc(C3CCCCC3)n2C)c(C(=O)OC)c1C. The van der Waals surface area contributed by atoms with E-state index in [1.54, 1.807) is 6.92 Å². The average Bonchev–Trinajstić information content (AvgIpc) is 3.31. The van der Waals surface area contributed by atoms with E-state index in [1.807, 2.05) is 11.6 Å². The predicted octanol–water partition coefficient (Wildman–Crippen LogP) is 3.54. The Morgan fingerprint density at radius 1 is 1.13 bits per heavy atom. The maximum Gasteiger partial charge on any atom is 0.348 e. The first-order valence-electron chi connectivity index (χ1n) is 9.99. The standard InChI is InChI=1S/C20H26N4O5S2/c1-11-14(18(26)28-3)17(31-15(11)19(27)29-4)21-13(25)10-30-20-23-22-16(24(20)2)12-8-6-5-7-9-12/h12H,5-10H2,1-4H3,(H,21,25). The van der Waals surface area contributed by atoms with Crippen molar-refractivity contribution < 1.29 is 23.9 Å². The summed E-state index contributed by atoms with van der Waals surface area (Å²) in [5.74, 6) is -0.0545. The van der Waals surface area contributed by atoms with E-state index in [1.165, 1.54) is 45.2 Å². The van der Waals surface area contributed by atoms with Gasteiger partial charge in [0, 0.05) is 13.0 Å². The van der Waals surface area contributed by atoms with Crippen molar-refractivity contribution in [2.45, 2.75) is 50.1 Å². The lowest BCUT2D eigenvalue weighted by Gasteiger charge is -2.20. The van der Waals surface area contributed by atoms with Crippen LogP contribution in [0.5, 0.6) is 0 Å². The predicted molar refractivity (Wildman–Crippen MR) is 118 cm³/mol. The smallest absolute Gasteiger partial charge is 0.348 e. The Bertz CT molecular complexity index is 979. The maximum atomic E-state index is 12.6. The summed E-state index contributed by atoms with van der Waals surface area (Å²) in [5, 5.41) is 12.2. The lowest BCUT2D eigenvalue weighted by molar-refractivity contribution is -0.113. The van der Waals surface area contributed by atoms with Gasteiger partial charge in [-0.1, -0.05) is 31.0 Å². The van der Waals surface area contributed by atoms with Crippen LogP contribution >= 0.6 is 23.1 Å². The molecule has 1 fully saturated rings. The van der Waals surface area contributed by atoms with E-state index in [-0.39, 0.29) is 27.1 Å². The highest BCUT2D eigenvalue weighted by Gasteiger charge is 2.27. The summed E-state index contributed by atoms with van der Waals surface area (Å²) in [6.45, 7) is 1.62. The van der Waals surface area contributed by atoms with Crippen LogP contribution in [0.25, 0.3) is 0 Å². The Labute approximate surface area is 188 Å². The summed E-state index contributed by atoms with van der Waals surface area (Å²) in [6, 6.07) is 0. The summed E-state index contributed by atoms with van der Waals surface area (Å²) in [4.78, 5) is 37.0. The molecule has 0 radical (unpaired) electrons. The molecule has 0 saturated heterocycles. The monoisotopic (exact) mass is 466 g/mol. The molecule has 3 rings (SSSR count). The zero-order valence-corrected chi connectivity index (χ0v) is 19.7. The van der Waals surface area contributed by atoms with Crippen LogP contribution in [-0.4, -0.2) is 52.6 Å². The number of thioether (sulfide) groups is 1. The minimum atomic E-state index is -0.628. The molecule has 0 spiro atoms. The quantitative estimate of drug-likeness (QED) is 0.487. The van der Waals surface area contributed by atoms with Crippen molar-refractivity contribution in [3.8, 4) is 0 Å². The molecule has 1 amide bonds. The van der Waals surface area contributed by atoms with Crippen LogP contribution in [0, 0.1) is 6.92 Å². The van der Waals surface area contributed by atoms with Gasteiger partial charge in [0.1, 0.15) is 15.7 Å². The van der Waals surface area contributed by atoms with E-state index >= 15 is 0 Å². The molecule has 1 aliphatic carbocycles. The Morgan fingerprint density at radius 2 is 1.81 bits per heavy atom. The van der Waals surface area contributed by atoms with E-state index in [0.29, 0.717) is 16.6 Å². The number of anilines is 1. The van der Waals surface area contributed by atoms with E-state index in [9.17, 15) is 14.4 Å². The minimum absolute atomic E-state index is 0.0851. The van der Waals surface area contributed by atoms with Gasteiger partial charge in [-0.25, -0.2) is 9.59 Å². The second-order valence-corrected chi connectivity index (χ2v) is 9.28. The molecule has 31 heavy (non-hydrogen) atoms. The third kappa shape index (κ3) is 5.09. The second kappa shape index (κ2) is 10.3. The van der Waals surface area contributed by atoms with Gasteiger partial charge in [-0.3, -0.25) is 4.79 Å². The van der Waals surface area contributed by atoms with Crippen molar-refractivity contribution in [2.24, 2.45) is 7.05 Å². The molecule has 0 unspecified atom stereocenters. The van der Waals surface area contributed by atoms with Crippen LogP contribution in [-0.2, 0) is 21.3 Å². The average molecular weight is 467 g/mol. The van der Waals surface area contributed by atoms with Crippen molar-refractivity contribution in [1.29, 1.82) is 0 Å². The fraction of sp³-hybridized carbons (Fsp3) is 0.550. The third-order valence-electron chi connectivity index (χ3n) is 5.33. The highest BCUT2D eigenvalue weighted by atomic mass is 32.2. The van der Waals surface area contributed by atoms with Crippen molar-refractivity contribution in [2.75, 3.05) is 25.3 Å². The number of amides is 1.